The zero-order chi connectivity index (χ0) is 16.4. The summed E-state index contributed by atoms with van der Waals surface area (Å²) in [4.78, 5) is 4.33. The Labute approximate surface area is 139 Å². The standard InChI is InChI=1S/C19H17N3O2/c23-19-16(21-18(24-19)15-8-2-1-3-9-15)13-20-22-12-6-10-14-7-4-5-11-17(14)22/h1-5,7-9,11,13,23H,6,10,12H2/b20-13+. The number of hydrogen-bond donors (Lipinski definition) is 1. The minimum absolute atomic E-state index is 0.220. The summed E-state index contributed by atoms with van der Waals surface area (Å²) in [5.41, 5.74) is 3.54. The van der Waals surface area contributed by atoms with Crippen LogP contribution in [0.2, 0.25) is 0 Å². The summed E-state index contributed by atoms with van der Waals surface area (Å²) in [6.45, 7) is 0.845. The number of nitrogens with zero attached hydrogens (tertiary/aromatic N) is 3. The van der Waals surface area contributed by atoms with Crippen molar-refractivity contribution in [2.24, 2.45) is 5.10 Å². The second-order valence-corrected chi connectivity index (χ2v) is 5.68. The average molecular weight is 319 g/mol. The third-order valence-electron chi connectivity index (χ3n) is 4.06. The monoisotopic (exact) mass is 319 g/mol. The van der Waals surface area contributed by atoms with Gasteiger partial charge in [0.25, 0.3) is 0 Å². The number of benzene rings is 2. The predicted octanol–water partition coefficient (Wildman–Crippen LogP) is 3.83. The number of fused-ring (bicyclic) bond motifs is 1. The third-order valence-corrected chi connectivity index (χ3v) is 4.06. The number of aryl methyl sites for hydroxylation is 1. The fourth-order valence-electron chi connectivity index (χ4n) is 2.87. The molecule has 0 fully saturated rings. The molecule has 4 rings (SSSR count). The average Bonchev–Trinajstić information content (AvgIpc) is 3.01. The lowest BCUT2D eigenvalue weighted by Crippen LogP contribution is -2.24. The van der Waals surface area contributed by atoms with Gasteiger partial charge in [-0.05, 0) is 36.6 Å². The quantitative estimate of drug-likeness (QED) is 0.745. The molecule has 120 valence electrons. The zero-order valence-corrected chi connectivity index (χ0v) is 13.1. The lowest BCUT2D eigenvalue weighted by atomic mass is 10.0. The molecular formula is C19H17N3O2. The van der Waals surface area contributed by atoms with Gasteiger partial charge < -0.3 is 9.52 Å². The highest BCUT2D eigenvalue weighted by Crippen LogP contribution is 2.28. The van der Waals surface area contributed by atoms with Gasteiger partial charge in [-0.25, -0.2) is 4.98 Å². The van der Waals surface area contributed by atoms with Crippen molar-refractivity contribution < 1.29 is 9.52 Å². The fourth-order valence-corrected chi connectivity index (χ4v) is 2.87. The van der Waals surface area contributed by atoms with Crippen LogP contribution in [-0.2, 0) is 6.42 Å². The van der Waals surface area contributed by atoms with Gasteiger partial charge in [0.15, 0.2) is 5.69 Å². The maximum Gasteiger partial charge on any atom is 0.312 e. The fraction of sp³-hybridized carbons (Fsp3) is 0.158. The summed E-state index contributed by atoms with van der Waals surface area (Å²) in [7, 11) is 0. The normalized spacial score (nSPS) is 14.1. The molecule has 0 spiro atoms. The van der Waals surface area contributed by atoms with Crippen LogP contribution in [-0.4, -0.2) is 22.8 Å². The first-order valence-corrected chi connectivity index (χ1v) is 7.96. The Morgan fingerprint density at radius 2 is 1.88 bits per heavy atom. The van der Waals surface area contributed by atoms with Crippen molar-refractivity contribution in [1.82, 2.24) is 4.98 Å². The molecule has 0 saturated carbocycles. The molecule has 5 heteroatoms. The highest BCUT2D eigenvalue weighted by atomic mass is 16.5. The number of hydrazone groups is 1. The van der Waals surface area contributed by atoms with Crippen LogP contribution >= 0.6 is 0 Å². The lowest BCUT2D eigenvalue weighted by molar-refractivity contribution is 0.337. The van der Waals surface area contributed by atoms with Crippen molar-refractivity contribution in [3.05, 3.63) is 65.9 Å². The highest BCUT2D eigenvalue weighted by molar-refractivity contribution is 5.81. The van der Waals surface area contributed by atoms with Gasteiger partial charge >= 0.3 is 5.95 Å². The summed E-state index contributed by atoms with van der Waals surface area (Å²) in [5, 5.41) is 16.4. The Balaban J connectivity index is 1.60. The molecule has 2 aromatic carbocycles. The molecule has 0 aliphatic carbocycles. The summed E-state index contributed by atoms with van der Waals surface area (Å²) in [5.74, 6) is 0.163. The zero-order valence-electron chi connectivity index (χ0n) is 13.1. The van der Waals surface area contributed by atoms with Crippen LogP contribution in [0.15, 0.2) is 64.1 Å². The van der Waals surface area contributed by atoms with E-state index in [2.05, 4.69) is 22.2 Å². The van der Waals surface area contributed by atoms with Crippen molar-refractivity contribution in [2.75, 3.05) is 11.6 Å². The molecule has 0 atom stereocenters. The lowest BCUT2D eigenvalue weighted by Gasteiger charge is -2.26. The Bertz CT molecular complexity index is 871. The smallest absolute Gasteiger partial charge is 0.312 e. The first-order valence-electron chi connectivity index (χ1n) is 7.96. The molecular weight excluding hydrogens is 302 g/mol. The summed E-state index contributed by atoms with van der Waals surface area (Å²) in [6, 6.07) is 17.7. The van der Waals surface area contributed by atoms with E-state index < -0.39 is 0 Å². The van der Waals surface area contributed by atoms with E-state index in [1.54, 1.807) is 6.21 Å². The topological polar surface area (TPSA) is 61.9 Å². The summed E-state index contributed by atoms with van der Waals surface area (Å²) in [6.07, 6.45) is 3.66. The van der Waals surface area contributed by atoms with E-state index in [1.807, 2.05) is 47.5 Å². The van der Waals surface area contributed by atoms with Crippen LogP contribution in [0.3, 0.4) is 0 Å². The van der Waals surface area contributed by atoms with Crippen molar-refractivity contribution >= 4 is 11.9 Å². The van der Waals surface area contributed by atoms with E-state index in [9.17, 15) is 5.11 Å². The molecule has 1 N–H and O–H groups in total. The van der Waals surface area contributed by atoms with Gasteiger partial charge in [0, 0.05) is 12.1 Å². The van der Waals surface area contributed by atoms with Crippen molar-refractivity contribution in [1.29, 1.82) is 0 Å². The van der Waals surface area contributed by atoms with Crippen molar-refractivity contribution in [2.45, 2.75) is 12.8 Å². The van der Waals surface area contributed by atoms with E-state index in [0.29, 0.717) is 11.6 Å². The molecule has 0 saturated heterocycles. The van der Waals surface area contributed by atoms with Crippen LogP contribution < -0.4 is 5.01 Å². The third kappa shape index (κ3) is 2.76. The maximum atomic E-state index is 9.98. The van der Waals surface area contributed by atoms with Crippen LogP contribution in [0.4, 0.5) is 5.69 Å². The Kier molecular flexibility index (Phi) is 3.75. The molecule has 1 aromatic heterocycles. The Hall–Kier alpha value is -3.08. The number of oxazole rings is 1. The molecule has 5 nitrogen and oxygen atoms in total. The van der Waals surface area contributed by atoms with E-state index in [1.165, 1.54) is 5.56 Å². The molecule has 1 aliphatic heterocycles. The molecule has 0 bridgehead atoms. The minimum Gasteiger partial charge on any atom is -0.479 e. The Morgan fingerprint density at radius 1 is 1.08 bits per heavy atom. The predicted molar refractivity (Wildman–Crippen MR) is 93.3 cm³/mol. The number of rotatable bonds is 3. The van der Waals surface area contributed by atoms with Gasteiger partial charge in [-0.15, -0.1) is 0 Å². The SMILES string of the molecule is Oc1oc(-c2ccccc2)nc1/C=N/N1CCCc2ccccc21. The van der Waals surface area contributed by atoms with E-state index in [0.717, 1.165) is 30.6 Å². The van der Waals surface area contributed by atoms with Crippen LogP contribution in [0.1, 0.15) is 17.7 Å². The molecule has 0 amide bonds. The summed E-state index contributed by atoms with van der Waals surface area (Å²) < 4.78 is 5.34. The van der Waals surface area contributed by atoms with Gasteiger partial charge in [-0.1, -0.05) is 36.4 Å². The van der Waals surface area contributed by atoms with Crippen molar-refractivity contribution in [3.63, 3.8) is 0 Å². The van der Waals surface area contributed by atoms with Crippen LogP contribution in [0.5, 0.6) is 5.95 Å². The number of para-hydroxylation sites is 1. The summed E-state index contributed by atoms with van der Waals surface area (Å²) >= 11 is 0. The first kappa shape index (κ1) is 14.5. The number of anilines is 1. The molecule has 0 radical (unpaired) electrons. The Morgan fingerprint density at radius 3 is 2.75 bits per heavy atom. The van der Waals surface area contributed by atoms with Gasteiger partial charge in [0.2, 0.25) is 5.89 Å². The largest absolute Gasteiger partial charge is 0.479 e. The molecule has 2 heterocycles. The second-order valence-electron chi connectivity index (χ2n) is 5.68. The van der Waals surface area contributed by atoms with Gasteiger partial charge in [0.1, 0.15) is 0 Å². The van der Waals surface area contributed by atoms with Gasteiger partial charge in [-0.2, -0.15) is 5.10 Å². The van der Waals surface area contributed by atoms with E-state index in [-0.39, 0.29) is 5.95 Å². The minimum atomic E-state index is -0.220. The number of aromatic hydroxyl groups is 1. The molecule has 24 heavy (non-hydrogen) atoms. The van der Waals surface area contributed by atoms with Crippen molar-refractivity contribution in [3.8, 4) is 17.4 Å². The number of aromatic nitrogens is 1. The number of hydrogen-bond acceptors (Lipinski definition) is 5. The first-order chi connectivity index (χ1) is 11.8. The highest BCUT2D eigenvalue weighted by Gasteiger charge is 2.16. The molecule has 0 unspecified atom stereocenters. The molecule has 1 aliphatic rings. The molecule has 3 aromatic rings. The van der Waals surface area contributed by atoms with Crippen LogP contribution in [0, 0.1) is 0 Å². The van der Waals surface area contributed by atoms with Crippen LogP contribution in [0.25, 0.3) is 11.5 Å². The second kappa shape index (κ2) is 6.20. The van der Waals surface area contributed by atoms with E-state index in [4.69, 9.17) is 4.42 Å². The van der Waals surface area contributed by atoms with Gasteiger partial charge in [-0.3, -0.25) is 5.01 Å². The van der Waals surface area contributed by atoms with Gasteiger partial charge in [0.05, 0.1) is 11.9 Å². The van der Waals surface area contributed by atoms with E-state index >= 15 is 0 Å². The maximum absolute atomic E-state index is 9.98.